The van der Waals surface area contributed by atoms with Gasteiger partial charge in [0.1, 0.15) is 12.7 Å². The lowest BCUT2D eigenvalue weighted by Gasteiger charge is -2.19. The highest BCUT2D eigenvalue weighted by Crippen LogP contribution is 2.26. The number of alkyl halides is 1. The van der Waals surface area contributed by atoms with E-state index < -0.39 is 36.6 Å². The molecule has 0 bridgehead atoms. The molecule has 0 saturated carbocycles. The lowest BCUT2D eigenvalue weighted by atomic mass is 10.1. The van der Waals surface area contributed by atoms with E-state index in [0.29, 0.717) is 5.56 Å². The summed E-state index contributed by atoms with van der Waals surface area (Å²) in [7, 11) is 0. The predicted octanol–water partition coefficient (Wildman–Crippen LogP) is 2.12. The molecule has 1 N–H and O–H groups in total. The molecular weight excluding hydrogens is 343 g/mol. The van der Waals surface area contributed by atoms with Crippen LogP contribution >= 0.6 is 0 Å². The summed E-state index contributed by atoms with van der Waals surface area (Å²) in [4.78, 5) is 24.1. The second kappa shape index (κ2) is 8.07. The quantitative estimate of drug-likeness (QED) is 0.823. The Morgan fingerprint density at radius 3 is 2.08 bits per heavy atom. The zero-order valence-corrected chi connectivity index (χ0v) is 13.7. The third-order valence-electron chi connectivity index (χ3n) is 3.91. The van der Waals surface area contributed by atoms with Crippen LogP contribution in [-0.4, -0.2) is 48.3 Å². The number of halogens is 1. The molecule has 26 heavy (non-hydrogen) atoms. The molecule has 1 unspecified atom stereocenters. The number of esters is 2. The fourth-order valence-electron chi connectivity index (χ4n) is 2.56. The first-order valence-corrected chi connectivity index (χ1v) is 8.02. The molecule has 0 radical (unpaired) electrons. The van der Waals surface area contributed by atoms with Crippen LogP contribution in [0.15, 0.2) is 60.7 Å². The fraction of sp³-hybridized carbons (Fsp3) is 0.263. The van der Waals surface area contributed by atoms with Gasteiger partial charge in [0.05, 0.1) is 11.1 Å². The minimum Gasteiger partial charge on any atom is -0.459 e. The van der Waals surface area contributed by atoms with Crippen LogP contribution < -0.4 is 0 Å². The lowest BCUT2D eigenvalue weighted by molar-refractivity contribution is -0.122. The van der Waals surface area contributed by atoms with Crippen molar-refractivity contribution in [2.75, 3.05) is 6.61 Å². The number of rotatable bonds is 5. The highest BCUT2D eigenvalue weighted by molar-refractivity contribution is 5.90. The van der Waals surface area contributed by atoms with E-state index in [2.05, 4.69) is 0 Å². The molecular formula is C19H17FO6. The highest BCUT2D eigenvalue weighted by Gasteiger charge is 2.47. The molecule has 6 nitrogen and oxygen atoms in total. The van der Waals surface area contributed by atoms with Crippen molar-refractivity contribution in [3.63, 3.8) is 0 Å². The maximum absolute atomic E-state index is 14.2. The molecule has 4 atom stereocenters. The van der Waals surface area contributed by atoms with E-state index in [0.717, 1.165) is 0 Å². The van der Waals surface area contributed by atoms with Crippen LogP contribution in [0.5, 0.6) is 0 Å². The summed E-state index contributed by atoms with van der Waals surface area (Å²) in [6.45, 7) is -0.363. The Morgan fingerprint density at radius 1 is 0.962 bits per heavy atom. The maximum Gasteiger partial charge on any atom is 0.338 e. The summed E-state index contributed by atoms with van der Waals surface area (Å²) in [5, 5.41) is 9.58. The van der Waals surface area contributed by atoms with Crippen LogP contribution in [-0.2, 0) is 14.2 Å². The van der Waals surface area contributed by atoms with E-state index in [-0.39, 0.29) is 12.2 Å². The minimum absolute atomic E-state index is 0.237. The molecule has 1 fully saturated rings. The van der Waals surface area contributed by atoms with Crippen molar-refractivity contribution in [3.8, 4) is 0 Å². The molecule has 0 spiro atoms. The second-order valence-corrected chi connectivity index (χ2v) is 5.71. The van der Waals surface area contributed by atoms with E-state index in [1.807, 2.05) is 0 Å². The third kappa shape index (κ3) is 4.07. The van der Waals surface area contributed by atoms with E-state index in [1.165, 1.54) is 12.1 Å². The first-order valence-electron chi connectivity index (χ1n) is 8.02. The van der Waals surface area contributed by atoms with Crippen LogP contribution in [0.25, 0.3) is 0 Å². The zero-order chi connectivity index (χ0) is 18.5. The average Bonchev–Trinajstić information content (AvgIpc) is 2.95. The summed E-state index contributed by atoms with van der Waals surface area (Å²) < 4.78 is 29.4. The summed E-state index contributed by atoms with van der Waals surface area (Å²) in [5.41, 5.74) is 0.557. The van der Waals surface area contributed by atoms with Crippen molar-refractivity contribution >= 4 is 11.9 Å². The smallest absolute Gasteiger partial charge is 0.338 e. The Kier molecular flexibility index (Phi) is 5.60. The largest absolute Gasteiger partial charge is 0.459 e. The number of aliphatic hydroxyl groups excluding tert-OH is 1. The summed E-state index contributed by atoms with van der Waals surface area (Å²) in [6.07, 6.45) is -6.20. The van der Waals surface area contributed by atoms with Gasteiger partial charge in [-0.1, -0.05) is 36.4 Å². The molecule has 2 aromatic rings. The van der Waals surface area contributed by atoms with Crippen molar-refractivity contribution < 1.29 is 33.3 Å². The highest BCUT2D eigenvalue weighted by atomic mass is 19.1. The molecule has 1 aliphatic heterocycles. The molecule has 2 aromatic carbocycles. The molecule has 1 saturated heterocycles. The summed E-state index contributed by atoms with van der Waals surface area (Å²) in [6, 6.07) is 16.3. The van der Waals surface area contributed by atoms with E-state index in [4.69, 9.17) is 14.2 Å². The first kappa shape index (κ1) is 18.0. The van der Waals surface area contributed by atoms with Crippen molar-refractivity contribution in [2.45, 2.75) is 24.7 Å². The number of aliphatic hydroxyl groups is 1. The molecule has 1 aliphatic rings. The lowest BCUT2D eigenvalue weighted by Crippen LogP contribution is -2.37. The van der Waals surface area contributed by atoms with Crippen LogP contribution in [0.1, 0.15) is 20.7 Å². The van der Waals surface area contributed by atoms with Gasteiger partial charge in [-0.2, -0.15) is 0 Å². The van der Waals surface area contributed by atoms with Gasteiger partial charge in [-0.3, -0.25) is 0 Å². The first-order chi connectivity index (χ1) is 12.6. The monoisotopic (exact) mass is 360 g/mol. The average molecular weight is 360 g/mol. The maximum atomic E-state index is 14.2. The minimum atomic E-state index is -1.94. The Bertz CT molecular complexity index is 751. The number of hydrogen-bond donors (Lipinski definition) is 1. The van der Waals surface area contributed by atoms with Crippen LogP contribution in [0.2, 0.25) is 0 Å². The van der Waals surface area contributed by atoms with Gasteiger partial charge in [-0.05, 0) is 24.3 Å². The van der Waals surface area contributed by atoms with Gasteiger partial charge >= 0.3 is 11.9 Å². The van der Waals surface area contributed by atoms with Gasteiger partial charge in [0.2, 0.25) is 0 Å². The number of benzene rings is 2. The zero-order valence-electron chi connectivity index (χ0n) is 13.7. The van der Waals surface area contributed by atoms with E-state index in [1.54, 1.807) is 48.5 Å². The van der Waals surface area contributed by atoms with E-state index in [9.17, 15) is 19.1 Å². The van der Waals surface area contributed by atoms with Crippen LogP contribution in [0, 0.1) is 0 Å². The predicted molar refractivity (Wildman–Crippen MR) is 88.1 cm³/mol. The Hall–Kier alpha value is -2.77. The van der Waals surface area contributed by atoms with Crippen molar-refractivity contribution in [2.24, 2.45) is 0 Å². The van der Waals surface area contributed by atoms with Crippen molar-refractivity contribution in [1.29, 1.82) is 0 Å². The molecule has 7 heteroatoms. The molecule has 3 rings (SSSR count). The fourth-order valence-corrected chi connectivity index (χ4v) is 2.56. The Balaban J connectivity index is 1.63. The summed E-state index contributed by atoms with van der Waals surface area (Å²) >= 11 is 0. The molecule has 0 amide bonds. The third-order valence-corrected chi connectivity index (χ3v) is 3.91. The second-order valence-electron chi connectivity index (χ2n) is 5.71. The van der Waals surface area contributed by atoms with Crippen LogP contribution in [0.4, 0.5) is 4.39 Å². The normalized spacial score (nSPS) is 24.8. The van der Waals surface area contributed by atoms with Gasteiger partial charge in [0.15, 0.2) is 18.6 Å². The van der Waals surface area contributed by atoms with Gasteiger partial charge in [-0.25, -0.2) is 14.0 Å². The molecule has 1 heterocycles. The standard InChI is InChI=1S/C19H17FO6/c20-15-16(26-18(22)13-9-5-2-6-10-13)14(25-19(15)23)11-24-17(21)12-7-3-1-4-8-12/h1-10,14-16,19,23H,11H2/t14-,15-,16?,19+/m0/s1. The van der Waals surface area contributed by atoms with Gasteiger partial charge < -0.3 is 19.3 Å². The molecule has 0 aromatic heterocycles. The van der Waals surface area contributed by atoms with Gasteiger partial charge in [-0.15, -0.1) is 0 Å². The molecule has 0 aliphatic carbocycles. The Morgan fingerprint density at radius 2 is 1.50 bits per heavy atom. The van der Waals surface area contributed by atoms with Crippen LogP contribution in [0.3, 0.4) is 0 Å². The van der Waals surface area contributed by atoms with Crippen molar-refractivity contribution in [1.82, 2.24) is 0 Å². The van der Waals surface area contributed by atoms with E-state index >= 15 is 0 Å². The number of ether oxygens (including phenoxy) is 3. The Labute approximate surface area is 149 Å². The number of carbonyl (C=O) groups excluding carboxylic acids is 2. The SMILES string of the molecule is O=C(OC[C@@H]1O[C@@H](O)[C@@H](F)C1OC(=O)c1ccccc1)c1ccccc1. The number of carbonyl (C=O) groups is 2. The van der Waals surface area contributed by atoms with Crippen molar-refractivity contribution in [3.05, 3.63) is 71.8 Å². The topological polar surface area (TPSA) is 82.1 Å². The van der Waals surface area contributed by atoms with Gasteiger partial charge in [0.25, 0.3) is 0 Å². The number of hydrogen-bond acceptors (Lipinski definition) is 6. The summed E-state index contributed by atoms with van der Waals surface area (Å²) in [5.74, 6) is -1.38. The molecule has 136 valence electrons. The van der Waals surface area contributed by atoms with Gasteiger partial charge in [0, 0.05) is 0 Å².